The molecule has 1 unspecified atom stereocenters. The highest BCUT2D eigenvalue weighted by molar-refractivity contribution is 7.12. The number of rotatable bonds is 2. The summed E-state index contributed by atoms with van der Waals surface area (Å²) in [5, 5.41) is 0. The van der Waals surface area contributed by atoms with Crippen molar-refractivity contribution in [2.75, 3.05) is 0 Å². The highest BCUT2D eigenvalue weighted by Crippen LogP contribution is 2.35. The van der Waals surface area contributed by atoms with Crippen LogP contribution < -0.4 is 5.73 Å². The molecule has 0 radical (unpaired) electrons. The van der Waals surface area contributed by atoms with Gasteiger partial charge in [-0.2, -0.15) is 0 Å². The van der Waals surface area contributed by atoms with Crippen molar-refractivity contribution >= 4 is 11.3 Å². The van der Waals surface area contributed by atoms with Crippen molar-refractivity contribution in [3.8, 4) is 0 Å². The Bertz CT molecular complexity index is 504. The Balaban J connectivity index is 1.80. The van der Waals surface area contributed by atoms with Crippen LogP contribution in [0.1, 0.15) is 26.9 Å². The summed E-state index contributed by atoms with van der Waals surface area (Å²) in [7, 11) is 0. The zero-order chi connectivity index (χ0) is 11.8. The Morgan fingerprint density at radius 2 is 1.76 bits per heavy atom. The average molecular weight is 243 g/mol. The molecule has 2 heteroatoms. The maximum Gasteiger partial charge on any atom is 0.0424 e. The normalized spacial score (nSPS) is 17.1. The van der Waals surface area contributed by atoms with Gasteiger partial charge in [0.1, 0.15) is 0 Å². The molecule has 0 spiro atoms. The summed E-state index contributed by atoms with van der Waals surface area (Å²) >= 11 is 1.84. The first-order chi connectivity index (χ1) is 8.24. The van der Waals surface area contributed by atoms with E-state index in [4.69, 9.17) is 5.73 Å². The number of thiophene rings is 1. The van der Waals surface area contributed by atoms with Gasteiger partial charge in [-0.15, -0.1) is 11.3 Å². The van der Waals surface area contributed by atoms with Crippen LogP contribution in [0.3, 0.4) is 0 Å². The second-order valence-corrected chi connectivity index (χ2v) is 6.23. The lowest BCUT2D eigenvalue weighted by Crippen LogP contribution is -2.20. The van der Waals surface area contributed by atoms with Crippen LogP contribution in [0.2, 0.25) is 0 Å². The monoisotopic (exact) mass is 243 g/mol. The van der Waals surface area contributed by atoms with Crippen LogP contribution in [0.5, 0.6) is 0 Å². The van der Waals surface area contributed by atoms with E-state index in [9.17, 15) is 0 Å². The molecule has 2 N–H and O–H groups in total. The van der Waals surface area contributed by atoms with Gasteiger partial charge in [0.2, 0.25) is 0 Å². The molecular weight excluding hydrogens is 226 g/mol. The number of aryl methyl sites for hydroxylation is 1. The molecule has 17 heavy (non-hydrogen) atoms. The molecule has 0 bridgehead atoms. The molecule has 1 aromatic heterocycles. The quantitative estimate of drug-likeness (QED) is 0.858. The minimum absolute atomic E-state index is 0.195. The highest BCUT2D eigenvalue weighted by atomic mass is 32.1. The Kier molecular flexibility index (Phi) is 2.77. The molecule has 1 heterocycles. The van der Waals surface area contributed by atoms with E-state index < -0.39 is 0 Å². The third-order valence-corrected chi connectivity index (χ3v) is 4.78. The van der Waals surface area contributed by atoms with Crippen LogP contribution in [0.25, 0.3) is 0 Å². The summed E-state index contributed by atoms with van der Waals surface area (Å²) in [6.45, 7) is 2.14. The van der Waals surface area contributed by atoms with E-state index in [0.717, 1.165) is 12.8 Å². The van der Waals surface area contributed by atoms with Crippen LogP contribution in [0.15, 0.2) is 36.4 Å². The van der Waals surface area contributed by atoms with Crippen molar-refractivity contribution in [3.63, 3.8) is 0 Å². The summed E-state index contributed by atoms with van der Waals surface area (Å²) in [5.41, 5.74) is 9.38. The Hall–Kier alpha value is -1.12. The molecule has 1 aliphatic carbocycles. The molecule has 1 aliphatic rings. The second-order valence-electron chi connectivity index (χ2n) is 4.91. The van der Waals surface area contributed by atoms with Gasteiger partial charge in [0.15, 0.2) is 0 Å². The maximum atomic E-state index is 6.40. The summed E-state index contributed by atoms with van der Waals surface area (Å²) in [6.07, 6.45) is 2.27. The predicted octanol–water partition coefficient (Wildman–Crippen LogP) is 3.47. The lowest BCUT2D eigenvalue weighted by Gasteiger charge is -2.17. The molecule has 0 fully saturated rings. The van der Waals surface area contributed by atoms with Gasteiger partial charge in [0.05, 0.1) is 0 Å². The Morgan fingerprint density at radius 3 is 2.29 bits per heavy atom. The maximum absolute atomic E-state index is 6.40. The molecule has 2 aromatic rings. The van der Waals surface area contributed by atoms with E-state index in [0.29, 0.717) is 5.92 Å². The summed E-state index contributed by atoms with van der Waals surface area (Å²) in [6, 6.07) is 13.3. The van der Waals surface area contributed by atoms with E-state index >= 15 is 0 Å². The number of nitrogens with two attached hydrogens (primary N) is 1. The average Bonchev–Trinajstić information content (AvgIpc) is 2.93. The van der Waals surface area contributed by atoms with Crippen molar-refractivity contribution < 1.29 is 0 Å². The van der Waals surface area contributed by atoms with E-state index in [2.05, 4.69) is 43.3 Å². The number of fused-ring (bicyclic) bond motifs is 1. The number of hydrogen-bond acceptors (Lipinski definition) is 2. The smallest absolute Gasteiger partial charge is 0.0424 e. The molecule has 3 rings (SSSR count). The first kappa shape index (κ1) is 11.0. The van der Waals surface area contributed by atoms with Crippen LogP contribution in [-0.2, 0) is 12.8 Å². The minimum Gasteiger partial charge on any atom is -0.323 e. The van der Waals surface area contributed by atoms with Crippen molar-refractivity contribution in [3.05, 3.63) is 57.3 Å². The van der Waals surface area contributed by atoms with Gasteiger partial charge in [-0.25, -0.2) is 0 Å². The summed E-state index contributed by atoms with van der Waals surface area (Å²) in [4.78, 5) is 2.69. The molecule has 1 atom stereocenters. The topological polar surface area (TPSA) is 26.0 Å². The first-order valence-electron chi connectivity index (χ1n) is 6.13. The molecule has 1 nitrogen and oxygen atoms in total. The van der Waals surface area contributed by atoms with E-state index in [-0.39, 0.29) is 6.04 Å². The molecular formula is C15H17NS. The number of benzene rings is 1. The SMILES string of the molecule is Cc1ccc(C(N)C2Cc3ccccc3C2)s1. The summed E-state index contributed by atoms with van der Waals surface area (Å²) < 4.78 is 0. The Morgan fingerprint density at radius 1 is 1.12 bits per heavy atom. The van der Waals surface area contributed by atoms with Gasteiger partial charge in [-0.1, -0.05) is 24.3 Å². The fourth-order valence-corrected chi connectivity index (χ4v) is 3.68. The largest absolute Gasteiger partial charge is 0.323 e. The van der Waals surface area contributed by atoms with Crippen molar-refractivity contribution in [1.29, 1.82) is 0 Å². The zero-order valence-electron chi connectivity index (χ0n) is 10.0. The molecule has 88 valence electrons. The van der Waals surface area contributed by atoms with E-state index in [1.165, 1.54) is 20.9 Å². The third-order valence-electron chi connectivity index (χ3n) is 3.68. The van der Waals surface area contributed by atoms with Gasteiger partial charge in [0, 0.05) is 15.8 Å². The second kappa shape index (κ2) is 4.28. The fraction of sp³-hybridized carbons (Fsp3) is 0.333. The van der Waals surface area contributed by atoms with E-state index in [1.807, 2.05) is 11.3 Å². The fourth-order valence-electron chi connectivity index (χ4n) is 2.71. The van der Waals surface area contributed by atoms with Crippen molar-refractivity contribution in [1.82, 2.24) is 0 Å². The van der Waals surface area contributed by atoms with Gasteiger partial charge in [-0.05, 0) is 48.9 Å². The van der Waals surface area contributed by atoms with Gasteiger partial charge >= 0.3 is 0 Å². The van der Waals surface area contributed by atoms with E-state index in [1.54, 1.807) is 0 Å². The lowest BCUT2D eigenvalue weighted by molar-refractivity contribution is 0.459. The number of hydrogen-bond donors (Lipinski definition) is 1. The molecule has 0 amide bonds. The zero-order valence-corrected chi connectivity index (χ0v) is 10.8. The lowest BCUT2D eigenvalue weighted by atomic mass is 9.96. The van der Waals surface area contributed by atoms with Crippen molar-refractivity contribution in [2.24, 2.45) is 11.7 Å². The highest BCUT2D eigenvalue weighted by Gasteiger charge is 2.27. The van der Waals surface area contributed by atoms with Gasteiger partial charge in [-0.3, -0.25) is 0 Å². The van der Waals surface area contributed by atoms with Crippen LogP contribution >= 0.6 is 11.3 Å². The first-order valence-corrected chi connectivity index (χ1v) is 6.94. The van der Waals surface area contributed by atoms with Crippen LogP contribution in [-0.4, -0.2) is 0 Å². The van der Waals surface area contributed by atoms with Crippen LogP contribution in [0, 0.1) is 12.8 Å². The van der Waals surface area contributed by atoms with Gasteiger partial charge in [0.25, 0.3) is 0 Å². The van der Waals surface area contributed by atoms with Gasteiger partial charge < -0.3 is 5.73 Å². The third kappa shape index (κ3) is 2.03. The Labute approximate surface area is 106 Å². The standard InChI is InChI=1S/C15H17NS/c1-10-6-7-14(17-10)15(16)13-8-11-4-2-3-5-12(11)9-13/h2-7,13,15H,8-9,16H2,1H3. The summed E-state index contributed by atoms with van der Waals surface area (Å²) in [5.74, 6) is 0.574. The minimum atomic E-state index is 0.195. The van der Waals surface area contributed by atoms with Crippen LogP contribution in [0.4, 0.5) is 0 Å². The van der Waals surface area contributed by atoms with Crippen molar-refractivity contribution in [2.45, 2.75) is 25.8 Å². The molecule has 1 aromatic carbocycles. The molecule has 0 saturated heterocycles. The molecule has 0 saturated carbocycles. The predicted molar refractivity (Wildman–Crippen MR) is 73.3 cm³/mol. The molecule has 0 aliphatic heterocycles.